The number of rotatable bonds is 6. The van der Waals surface area contributed by atoms with E-state index in [-0.39, 0.29) is 5.65 Å². The van der Waals surface area contributed by atoms with Gasteiger partial charge in [-0.15, -0.1) is 0 Å². The van der Waals surface area contributed by atoms with Crippen molar-refractivity contribution in [2.45, 2.75) is 13.5 Å². The summed E-state index contributed by atoms with van der Waals surface area (Å²) in [5.74, 6) is 1.12. The summed E-state index contributed by atoms with van der Waals surface area (Å²) in [6, 6.07) is 17.2. The van der Waals surface area contributed by atoms with Gasteiger partial charge in [-0.2, -0.15) is 10.1 Å². The van der Waals surface area contributed by atoms with Gasteiger partial charge in [0.2, 0.25) is 5.95 Å². The van der Waals surface area contributed by atoms with E-state index < -0.39 is 11.2 Å². The Balaban J connectivity index is 1.77. The first-order valence-corrected chi connectivity index (χ1v) is 9.66. The van der Waals surface area contributed by atoms with Crippen LogP contribution < -0.4 is 21.4 Å². The Hall–Kier alpha value is -4.14. The molecule has 9 heteroatoms. The van der Waals surface area contributed by atoms with E-state index in [1.165, 1.54) is 4.57 Å². The highest BCUT2D eigenvalue weighted by molar-refractivity contribution is 5.99. The summed E-state index contributed by atoms with van der Waals surface area (Å²) in [6.07, 6.45) is 0. The van der Waals surface area contributed by atoms with Gasteiger partial charge in [0, 0.05) is 7.05 Å². The lowest BCUT2D eigenvalue weighted by Crippen LogP contribution is -2.29. The third-order valence-electron chi connectivity index (χ3n) is 5.02. The zero-order valence-electron chi connectivity index (χ0n) is 17.4. The largest absolute Gasteiger partial charge is 0.497 e. The van der Waals surface area contributed by atoms with Crippen molar-refractivity contribution in [3.8, 4) is 5.75 Å². The number of aromatic nitrogens is 4. The average Bonchev–Trinajstić information content (AvgIpc) is 3.15. The molecular formula is C22H22N6O3. The van der Waals surface area contributed by atoms with Crippen molar-refractivity contribution >= 4 is 22.8 Å². The normalized spacial score (nSPS) is 11.6. The predicted octanol–water partition coefficient (Wildman–Crippen LogP) is 2.32. The van der Waals surface area contributed by atoms with Crippen molar-refractivity contribution in [3.05, 3.63) is 86.6 Å². The van der Waals surface area contributed by atoms with E-state index in [4.69, 9.17) is 4.74 Å². The van der Waals surface area contributed by atoms with E-state index in [0.717, 1.165) is 22.6 Å². The summed E-state index contributed by atoms with van der Waals surface area (Å²) in [4.78, 5) is 31.5. The highest BCUT2D eigenvalue weighted by atomic mass is 16.5. The highest BCUT2D eigenvalue weighted by Crippen LogP contribution is 2.18. The minimum Gasteiger partial charge on any atom is -0.497 e. The molecule has 158 valence electrons. The molecule has 0 aliphatic heterocycles. The van der Waals surface area contributed by atoms with Gasteiger partial charge in [-0.3, -0.25) is 18.9 Å². The molecule has 0 atom stereocenters. The number of hydrogen-bond donors (Lipinski definition) is 2. The number of hydrazone groups is 1. The maximum absolute atomic E-state index is 12.6. The number of fused-ring (bicyclic) bond motifs is 1. The van der Waals surface area contributed by atoms with Gasteiger partial charge in [0.05, 0.1) is 19.4 Å². The molecule has 0 spiro atoms. The van der Waals surface area contributed by atoms with Crippen molar-refractivity contribution in [1.29, 1.82) is 0 Å². The van der Waals surface area contributed by atoms with Crippen LogP contribution in [0.15, 0.2) is 69.3 Å². The summed E-state index contributed by atoms with van der Waals surface area (Å²) in [5, 5.41) is 4.44. The highest BCUT2D eigenvalue weighted by Gasteiger charge is 2.17. The number of nitrogens with one attached hydrogen (secondary N) is 2. The monoisotopic (exact) mass is 418 g/mol. The van der Waals surface area contributed by atoms with Crippen molar-refractivity contribution in [3.63, 3.8) is 0 Å². The van der Waals surface area contributed by atoms with E-state index in [0.29, 0.717) is 18.0 Å². The van der Waals surface area contributed by atoms with Gasteiger partial charge in [-0.25, -0.2) is 10.2 Å². The van der Waals surface area contributed by atoms with E-state index in [9.17, 15) is 9.59 Å². The third-order valence-corrected chi connectivity index (χ3v) is 5.02. The van der Waals surface area contributed by atoms with E-state index in [1.54, 1.807) is 18.7 Å². The molecule has 0 aliphatic carbocycles. The summed E-state index contributed by atoms with van der Waals surface area (Å²) >= 11 is 0. The van der Waals surface area contributed by atoms with Gasteiger partial charge in [-0.1, -0.05) is 30.3 Å². The molecule has 0 aliphatic rings. The summed E-state index contributed by atoms with van der Waals surface area (Å²) < 4.78 is 8.21. The molecular weight excluding hydrogens is 396 g/mol. The van der Waals surface area contributed by atoms with Crippen molar-refractivity contribution < 1.29 is 4.74 Å². The Labute approximate surface area is 177 Å². The summed E-state index contributed by atoms with van der Waals surface area (Å²) in [7, 11) is 3.18. The minimum atomic E-state index is -0.522. The number of nitrogens with zero attached hydrogens (tertiary/aromatic N) is 4. The standard InChI is InChI=1S/C22H22N6O3/c1-14(16-9-11-17(31-3)12-10-16)25-26-21-23-19-18(20(29)24-22(30)27(19)2)28(21)13-15-7-5-4-6-8-15/h4-12H,13H2,1-3H3,(H,23,26)(H,24,29,30)/b25-14+. The Morgan fingerprint density at radius 3 is 2.52 bits per heavy atom. The molecule has 4 rings (SSSR count). The van der Waals surface area contributed by atoms with E-state index in [1.807, 2.05) is 61.5 Å². The first-order chi connectivity index (χ1) is 15.0. The van der Waals surface area contributed by atoms with Crippen LogP contribution in [-0.2, 0) is 13.6 Å². The minimum absolute atomic E-state index is 0.282. The molecule has 0 bridgehead atoms. The zero-order valence-corrected chi connectivity index (χ0v) is 17.4. The molecule has 2 heterocycles. The van der Waals surface area contributed by atoms with Crippen molar-refractivity contribution in [2.75, 3.05) is 12.5 Å². The summed E-state index contributed by atoms with van der Waals surface area (Å²) in [6.45, 7) is 2.25. The van der Waals surface area contributed by atoms with Crippen LogP contribution >= 0.6 is 0 Å². The topological polar surface area (TPSA) is 106 Å². The number of benzene rings is 2. The predicted molar refractivity (Wildman–Crippen MR) is 120 cm³/mol. The van der Waals surface area contributed by atoms with Gasteiger partial charge in [0.25, 0.3) is 5.56 Å². The number of methoxy groups -OCH3 is 1. The maximum Gasteiger partial charge on any atom is 0.329 e. The third kappa shape index (κ3) is 3.97. The molecule has 0 radical (unpaired) electrons. The van der Waals surface area contributed by atoms with Crippen molar-refractivity contribution in [2.24, 2.45) is 12.1 Å². The van der Waals surface area contributed by atoms with Crippen LogP contribution in [-0.4, -0.2) is 31.9 Å². The van der Waals surface area contributed by atoms with Crippen molar-refractivity contribution in [1.82, 2.24) is 19.1 Å². The summed E-state index contributed by atoms with van der Waals surface area (Å²) in [5.41, 5.74) is 5.14. The molecule has 0 unspecified atom stereocenters. The Kier molecular flexibility index (Phi) is 5.40. The second kappa shape index (κ2) is 8.31. The van der Waals surface area contributed by atoms with Crippen LogP contribution in [0.3, 0.4) is 0 Å². The number of hydrogen-bond acceptors (Lipinski definition) is 6. The van der Waals surface area contributed by atoms with Crippen LogP contribution in [0.2, 0.25) is 0 Å². The van der Waals surface area contributed by atoms with Gasteiger partial charge in [0.1, 0.15) is 5.75 Å². The lowest BCUT2D eigenvalue weighted by atomic mass is 10.1. The van der Waals surface area contributed by atoms with E-state index >= 15 is 0 Å². The SMILES string of the molecule is COc1ccc(/C(C)=N/Nc2nc3c(c(=O)[nH]c(=O)n3C)n2Cc2ccccc2)cc1. The zero-order chi connectivity index (χ0) is 22.0. The first-order valence-electron chi connectivity index (χ1n) is 9.66. The molecule has 0 saturated heterocycles. The number of ether oxygens (including phenoxy) is 1. The van der Waals surface area contributed by atoms with Crippen LogP contribution in [0.5, 0.6) is 5.75 Å². The molecule has 0 fully saturated rings. The Bertz CT molecular complexity index is 1360. The van der Waals surface area contributed by atoms with Crippen LogP contribution in [0.4, 0.5) is 5.95 Å². The lowest BCUT2D eigenvalue weighted by molar-refractivity contribution is 0.415. The molecule has 2 N–H and O–H groups in total. The average molecular weight is 418 g/mol. The van der Waals surface area contributed by atoms with Gasteiger partial charge in [0.15, 0.2) is 11.2 Å². The quantitative estimate of drug-likeness (QED) is 0.369. The molecule has 2 aromatic carbocycles. The Morgan fingerprint density at radius 2 is 1.84 bits per heavy atom. The van der Waals surface area contributed by atoms with Crippen LogP contribution in [0, 0.1) is 0 Å². The number of H-pyrrole nitrogens is 1. The first kappa shape index (κ1) is 20.1. The second-order valence-electron chi connectivity index (χ2n) is 7.04. The fraction of sp³-hybridized carbons (Fsp3) is 0.182. The van der Waals surface area contributed by atoms with Gasteiger partial charge < -0.3 is 4.74 Å². The number of anilines is 1. The molecule has 31 heavy (non-hydrogen) atoms. The molecule has 0 saturated carbocycles. The number of imidazole rings is 1. The van der Waals surface area contributed by atoms with Gasteiger partial charge >= 0.3 is 5.69 Å². The van der Waals surface area contributed by atoms with Crippen LogP contribution in [0.25, 0.3) is 11.2 Å². The smallest absolute Gasteiger partial charge is 0.329 e. The number of aryl methyl sites for hydroxylation is 1. The molecule has 9 nitrogen and oxygen atoms in total. The van der Waals surface area contributed by atoms with E-state index in [2.05, 4.69) is 20.5 Å². The van der Waals surface area contributed by atoms with Crippen LogP contribution in [0.1, 0.15) is 18.1 Å². The fourth-order valence-electron chi connectivity index (χ4n) is 3.27. The fourth-order valence-corrected chi connectivity index (χ4v) is 3.27. The maximum atomic E-state index is 12.6. The molecule has 4 aromatic rings. The molecule has 2 aromatic heterocycles. The Morgan fingerprint density at radius 1 is 1.13 bits per heavy atom. The lowest BCUT2D eigenvalue weighted by Gasteiger charge is -2.09. The van der Waals surface area contributed by atoms with Gasteiger partial charge in [-0.05, 0) is 42.3 Å². The number of aromatic amines is 1. The second-order valence-corrected chi connectivity index (χ2v) is 7.04. The molecule has 0 amide bonds.